The van der Waals surface area contributed by atoms with Crippen molar-refractivity contribution >= 4 is 28.9 Å². The molecule has 1 heterocycles. The van der Waals surface area contributed by atoms with Gasteiger partial charge in [-0.2, -0.15) is 0 Å². The lowest BCUT2D eigenvalue weighted by molar-refractivity contribution is 0.0974. The summed E-state index contributed by atoms with van der Waals surface area (Å²) in [5, 5.41) is 5.39. The van der Waals surface area contributed by atoms with Gasteiger partial charge >= 0.3 is 0 Å². The molecule has 0 unspecified atom stereocenters. The van der Waals surface area contributed by atoms with Crippen LogP contribution in [-0.2, 0) is 0 Å². The van der Waals surface area contributed by atoms with Crippen molar-refractivity contribution in [2.75, 3.05) is 16.4 Å². The van der Waals surface area contributed by atoms with Gasteiger partial charge in [-0.3, -0.25) is 9.59 Å². The van der Waals surface area contributed by atoms with Crippen molar-refractivity contribution in [1.29, 1.82) is 0 Å². The zero-order chi connectivity index (χ0) is 17.8. The summed E-state index contributed by atoms with van der Waals surface area (Å²) in [5.74, 6) is -0.761. The second-order valence-corrected chi connectivity index (χ2v) is 5.56. The number of aryl methyl sites for hydroxylation is 1. The summed E-state index contributed by atoms with van der Waals surface area (Å²) in [4.78, 5) is 24.3. The number of benzene rings is 2. The number of amides is 2. The zero-order valence-corrected chi connectivity index (χ0v) is 13.6. The van der Waals surface area contributed by atoms with Gasteiger partial charge < -0.3 is 20.8 Å². The van der Waals surface area contributed by atoms with Crippen molar-refractivity contribution in [2.24, 2.45) is 0 Å². The maximum atomic E-state index is 12.2. The first-order valence-electron chi connectivity index (χ1n) is 7.66. The number of carbonyl (C=O) groups is 2. The van der Waals surface area contributed by atoms with Gasteiger partial charge in [0.1, 0.15) is 0 Å². The number of furan rings is 1. The Morgan fingerprint density at radius 3 is 1.68 bits per heavy atom. The number of nitrogens with two attached hydrogens (primary N) is 1. The second-order valence-electron chi connectivity index (χ2n) is 5.56. The van der Waals surface area contributed by atoms with Crippen LogP contribution in [0.2, 0.25) is 0 Å². The highest BCUT2D eigenvalue weighted by atomic mass is 16.4. The molecule has 3 rings (SSSR count). The quantitative estimate of drug-likeness (QED) is 0.634. The summed E-state index contributed by atoms with van der Waals surface area (Å²) in [6.45, 7) is 1.96. The first-order valence-corrected chi connectivity index (χ1v) is 7.66. The van der Waals surface area contributed by atoms with Gasteiger partial charge in [0.05, 0.1) is 0 Å². The number of hydrogen-bond donors (Lipinski definition) is 3. The normalized spacial score (nSPS) is 10.3. The van der Waals surface area contributed by atoms with Gasteiger partial charge in [-0.25, -0.2) is 0 Å². The monoisotopic (exact) mass is 335 g/mol. The molecule has 0 saturated heterocycles. The van der Waals surface area contributed by atoms with E-state index in [0.29, 0.717) is 17.1 Å². The molecule has 0 aliphatic carbocycles. The van der Waals surface area contributed by atoms with Gasteiger partial charge in [0.25, 0.3) is 11.8 Å². The van der Waals surface area contributed by atoms with Crippen LogP contribution in [-0.4, -0.2) is 11.8 Å². The van der Waals surface area contributed by atoms with Crippen LogP contribution in [0.1, 0.15) is 26.7 Å². The van der Waals surface area contributed by atoms with E-state index < -0.39 is 11.8 Å². The van der Waals surface area contributed by atoms with E-state index in [-0.39, 0.29) is 11.5 Å². The van der Waals surface area contributed by atoms with E-state index in [9.17, 15) is 9.59 Å². The van der Waals surface area contributed by atoms with Crippen molar-refractivity contribution < 1.29 is 14.0 Å². The Balaban J connectivity index is 1.66. The molecule has 6 nitrogen and oxygen atoms in total. The van der Waals surface area contributed by atoms with Crippen LogP contribution in [0.3, 0.4) is 0 Å². The molecule has 0 saturated carbocycles. The fourth-order valence-electron chi connectivity index (χ4n) is 2.17. The molecule has 3 aromatic rings. The van der Waals surface area contributed by atoms with Crippen molar-refractivity contribution in [3.05, 3.63) is 77.7 Å². The summed E-state index contributed by atoms with van der Waals surface area (Å²) in [7, 11) is 0. The third-order valence-corrected chi connectivity index (χ3v) is 3.53. The third kappa shape index (κ3) is 4.06. The van der Waals surface area contributed by atoms with Gasteiger partial charge in [-0.05, 0) is 55.5 Å². The second kappa shape index (κ2) is 6.92. The maximum Gasteiger partial charge on any atom is 0.291 e. The third-order valence-electron chi connectivity index (χ3n) is 3.53. The Morgan fingerprint density at radius 2 is 1.20 bits per heavy atom. The zero-order valence-electron chi connectivity index (χ0n) is 13.6. The number of anilines is 3. The summed E-state index contributed by atoms with van der Waals surface area (Å²) in [5.41, 5.74) is 8.54. The van der Waals surface area contributed by atoms with Gasteiger partial charge in [0.15, 0.2) is 11.5 Å². The van der Waals surface area contributed by atoms with Crippen molar-refractivity contribution in [3.63, 3.8) is 0 Å². The molecule has 0 fully saturated rings. The van der Waals surface area contributed by atoms with Crippen LogP contribution >= 0.6 is 0 Å². The molecule has 0 aliphatic heterocycles. The van der Waals surface area contributed by atoms with E-state index in [1.165, 1.54) is 12.1 Å². The van der Waals surface area contributed by atoms with E-state index in [1.54, 1.807) is 36.4 Å². The first-order chi connectivity index (χ1) is 12.0. The maximum absolute atomic E-state index is 12.2. The fourth-order valence-corrected chi connectivity index (χ4v) is 2.17. The van der Waals surface area contributed by atoms with Crippen LogP contribution < -0.4 is 16.4 Å². The first kappa shape index (κ1) is 16.3. The molecule has 0 spiro atoms. The Kier molecular flexibility index (Phi) is 4.52. The molecule has 4 N–H and O–H groups in total. The predicted molar refractivity (Wildman–Crippen MR) is 96.6 cm³/mol. The number of nitrogens with one attached hydrogen (secondary N) is 2. The molecule has 0 atom stereocenters. The van der Waals surface area contributed by atoms with Crippen molar-refractivity contribution in [1.82, 2.24) is 0 Å². The van der Waals surface area contributed by atoms with Gasteiger partial charge in [0, 0.05) is 17.1 Å². The van der Waals surface area contributed by atoms with Crippen LogP contribution in [0.15, 0.2) is 65.1 Å². The number of nitrogen functional groups attached to an aromatic ring is 1. The van der Waals surface area contributed by atoms with Crippen LogP contribution in [0, 0.1) is 6.92 Å². The smallest absolute Gasteiger partial charge is 0.291 e. The van der Waals surface area contributed by atoms with Crippen molar-refractivity contribution in [3.8, 4) is 0 Å². The summed E-state index contributed by atoms with van der Waals surface area (Å²) in [6.07, 6.45) is 0. The highest BCUT2D eigenvalue weighted by Gasteiger charge is 2.16. The van der Waals surface area contributed by atoms with E-state index >= 15 is 0 Å². The van der Waals surface area contributed by atoms with E-state index in [1.807, 2.05) is 19.1 Å². The molecule has 0 bridgehead atoms. The van der Waals surface area contributed by atoms with E-state index in [4.69, 9.17) is 10.2 Å². The minimum absolute atomic E-state index is 0.0471. The molecule has 126 valence electrons. The lowest BCUT2D eigenvalue weighted by atomic mass is 10.2. The Hall–Kier alpha value is -3.54. The summed E-state index contributed by atoms with van der Waals surface area (Å²) in [6, 6.07) is 17.0. The molecule has 2 amide bonds. The van der Waals surface area contributed by atoms with Crippen molar-refractivity contribution in [2.45, 2.75) is 6.92 Å². The standard InChI is InChI=1S/C19H17N3O3/c1-12-2-6-14(7-3-12)21-18(23)16-10-11-17(25-16)19(24)22-15-8-4-13(20)5-9-15/h2-11H,20H2,1H3,(H,21,23)(H,22,24). The van der Waals surface area contributed by atoms with Crippen LogP contribution in [0.4, 0.5) is 17.1 Å². The van der Waals surface area contributed by atoms with Crippen LogP contribution in [0.5, 0.6) is 0 Å². The molecule has 6 heteroatoms. The van der Waals surface area contributed by atoms with Crippen LogP contribution in [0.25, 0.3) is 0 Å². The number of hydrogen-bond acceptors (Lipinski definition) is 4. The molecule has 25 heavy (non-hydrogen) atoms. The molecule has 0 radical (unpaired) electrons. The summed E-state index contributed by atoms with van der Waals surface area (Å²) < 4.78 is 5.35. The molecule has 0 aliphatic rings. The predicted octanol–water partition coefficient (Wildman–Crippen LogP) is 3.67. The van der Waals surface area contributed by atoms with Gasteiger partial charge in [-0.15, -0.1) is 0 Å². The molecular formula is C19H17N3O3. The molecule has 1 aromatic heterocycles. The van der Waals surface area contributed by atoms with Gasteiger partial charge in [-0.1, -0.05) is 17.7 Å². The summed E-state index contributed by atoms with van der Waals surface area (Å²) >= 11 is 0. The lowest BCUT2D eigenvalue weighted by Gasteiger charge is -2.04. The average molecular weight is 335 g/mol. The molecule has 2 aromatic carbocycles. The topological polar surface area (TPSA) is 97.4 Å². The minimum atomic E-state index is -0.445. The van der Waals surface area contributed by atoms with E-state index in [0.717, 1.165) is 5.56 Å². The number of carbonyl (C=O) groups excluding carboxylic acids is 2. The van der Waals surface area contributed by atoms with E-state index in [2.05, 4.69) is 10.6 Å². The Bertz CT molecular complexity index is 822. The molecular weight excluding hydrogens is 318 g/mol. The SMILES string of the molecule is Cc1ccc(NC(=O)c2ccc(C(=O)Nc3ccc(N)cc3)o2)cc1. The minimum Gasteiger partial charge on any atom is -0.446 e. The average Bonchev–Trinajstić information content (AvgIpc) is 3.09. The largest absolute Gasteiger partial charge is 0.446 e. The highest BCUT2D eigenvalue weighted by molar-refractivity contribution is 6.05. The number of rotatable bonds is 4. The highest BCUT2D eigenvalue weighted by Crippen LogP contribution is 2.16. The lowest BCUT2D eigenvalue weighted by Crippen LogP contribution is -2.12. The van der Waals surface area contributed by atoms with Gasteiger partial charge in [0.2, 0.25) is 0 Å². The fraction of sp³-hybridized carbons (Fsp3) is 0.0526. The Morgan fingerprint density at radius 1 is 0.760 bits per heavy atom. The Labute approximate surface area is 144 Å².